The van der Waals surface area contributed by atoms with Gasteiger partial charge in [-0.05, 0) is 45.2 Å². The Kier molecular flexibility index (Phi) is 3.30. The van der Waals surface area contributed by atoms with Gasteiger partial charge in [-0.25, -0.2) is 0 Å². The van der Waals surface area contributed by atoms with E-state index in [-0.39, 0.29) is 11.9 Å². The average molecular weight is 275 g/mol. The molecule has 1 atom stereocenters. The normalized spacial score (nSPS) is 19.3. The SMILES string of the molecule is Cc1noc(C2CCCCN2C(=O)c2ccc(C)o2)n1. The van der Waals surface area contributed by atoms with Crippen molar-refractivity contribution in [3.8, 4) is 0 Å². The fourth-order valence-corrected chi connectivity index (χ4v) is 2.57. The van der Waals surface area contributed by atoms with Crippen molar-refractivity contribution < 1.29 is 13.7 Å². The maximum Gasteiger partial charge on any atom is 0.290 e. The first-order valence-corrected chi connectivity index (χ1v) is 6.83. The molecule has 6 nitrogen and oxygen atoms in total. The van der Waals surface area contributed by atoms with Gasteiger partial charge < -0.3 is 13.8 Å². The molecule has 20 heavy (non-hydrogen) atoms. The van der Waals surface area contributed by atoms with Crippen LogP contribution < -0.4 is 0 Å². The number of aryl methyl sites for hydroxylation is 2. The summed E-state index contributed by atoms with van der Waals surface area (Å²) in [5.41, 5.74) is 0. The highest BCUT2D eigenvalue weighted by molar-refractivity contribution is 5.91. The number of likely N-dealkylation sites (tertiary alicyclic amines) is 1. The summed E-state index contributed by atoms with van der Waals surface area (Å²) in [6, 6.07) is 3.36. The zero-order chi connectivity index (χ0) is 14.1. The summed E-state index contributed by atoms with van der Waals surface area (Å²) in [4.78, 5) is 18.6. The number of carbonyl (C=O) groups excluding carboxylic acids is 1. The lowest BCUT2D eigenvalue weighted by molar-refractivity contribution is 0.0528. The number of amides is 1. The van der Waals surface area contributed by atoms with Crippen LogP contribution in [-0.2, 0) is 0 Å². The Morgan fingerprint density at radius 2 is 2.20 bits per heavy atom. The van der Waals surface area contributed by atoms with Crippen LogP contribution in [0.3, 0.4) is 0 Å². The van der Waals surface area contributed by atoms with Gasteiger partial charge in [0.15, 0.2) is 11.6 Å². The summed E-state index contributed by atoms with van der Waals surface area (Å²) < 4.78 is 10.7. The summed E-state index contributed by atoms with van der Waals surface area (Å²) in [5, 5.41) is 3.81. The molecule has 0 spiro atoms. The lowest BCUT2D eigenvalue weighted by Gasteiger charge is -2.32. The molecule has 0 bridgehead atoms. The average Bonchev–Trinajstić information content (AvgIpc) is 3.07. The number of hydrogen-bond acceptors (Lipinski definition) is 5. The molecule has 3 heterocycles. The molecule has 0 aliphatic carbocycles. The van der Waals surface area contributed by atoms with Crippen LogP contribution in [0, 0.1) is 13.8 Å². The number of piperidine rings is 1. The molecule has 0 saturated carbocycles. The van der Waals surface area contributed by atoms with E-state index in [1.54, 1.807) is 24.0 Å². The Morgan fingerprint density at radius 3 is 2.85 bits per heavy atom. The standard InChI is InChI=1S/C14H17N3O3/c1-9-6-7-12(19-9)14(18)17-8-4-3-5-11(17)13-15-10(2)16-20-13/h6-7,11H,3-5,8H2,1-2H3. The Hall–Kier alpha value is -2.11. The minimum absolute atomic E-state index is 0.112. The van der Waals surface area contributed by atoms with Crippen LogP contribution in [0.15, 0.2) is 21.1 Å². The molecule has 1 fully saturated rings. The highest BCUT2D eigenvalue weighted by Crippen LogP contribution is 2.31. The van der Waals surface area contributed by atoms with E-state index in [0.717, 1.165) is 25.0 Å². The third kappa shape index (κ3) is 2.33. The summed E-state index contributed by atoms with van der Waals surface area (Å²) in [6.45, 7) is 4.29. The van der Waals surface area contributed by atoms with E-state index in [9.17, 15) is 4.79 Å². The second-order valence-corrected chi connectivity index (χ2v) is 5.10. The topological polar surface area (TPSA) is 72.4 Å². The van der Waals surface area contributed by atoms with Gasteiger partial charge in [-0.15, -0.1) is 0 Å². The highest BCUT2D eigenvalue weighted by atomic mass is 16.5. The van der Waals surface area contributed by atoms with Crippen molar-refractivity contribution in [1.29, 1.82) is 0 Å². The van der Waals surface area contributed by atoms with Gasteiger partial charge in [-0.2, -0.15) is 4.98 Å². The fraction of sp³-hybridized carbons (Fsp3) is 0.500. The molecule has 2 aromatic rings. The number of hydrogen-bond donors (Lipinski definition) is 0. The Labute approximate surface area is 116 Å². The number of carbonyl (C=O) groups is 1. The zero-order valence-electron chi connectivity index (χ0n) is 11.6. The van der Waals surface area contributed by atoms with Gasteiger partial charge in [0, 0.05) is 6.54 Å². The molecule has 1 unspecified atom stereocenters. The molecule has 0 radical (unpaired) electrons. The minimum atomic E-state index is -0.150. The van der Waals surface area contributed by atoms with Crippen LogP contribution in [0.2, 0.25) is 0 Å². The lowest BCUT2D eigenvalue weighted by Crippen LogP contribution is -2.38. The van der Waals surface area contributed by atoms with Crippen molar-refractivity contribution in [3.05, 3.63) is 35.4 Å². The molecular weight excluding hydrogens is 258 g/mol. The first-order chi connectivity index (χ1) is 9.65. The molecule has 2 aromatic heterocycles. The van der Waals surface area contributed by atoms with Gasteiger partial charge in [-0.1, -0.05) is 5.16 Å². The second kappa shape index (κ2) is 5.11. The monoisotopic (exact) mass is 275 g/mol. The van der Waals surface area contributed by atoms with Gasteiger partial charge in [-0.3, -0.25) is 4.79 Å². The van der Waals surface area contributed by atoms with Gasteiger partial charge >= 0.3 is 0 Å². The third-order valence-electron chi connectivity index (χ3n) is 3.54. The largest absolute Gasteiger partial charge is 0.456 e. The van der Waals surface area contributed by atoms with Crippen LogP contribution in [0.5, 0.6) is 0 Å². The van der Waals surface area contributed by atoms with Crippen molar-refractivity contribution in [1.82, 2.24) is 15.0 Å². The smallest absolute Gasteiger partial charge is 0.290 e. The van der Waals surface area contributed by atoms with Crippen LogP contribution in [0.4, 0.5) is 0 Å². The van der Waals surface area contributed by atoms with Crippen molar-refractivity contribution in [3.63, 3.8) is 0 Å². The zero-order valence-corrected chi connectivity index (χ0v) is 11.6. The predicted octanol–water partition coefficient (Wildman–Crippen LogP) is 2.65. The van der Waals surface area contributed by atoms with Crippen molar-refractivity contribution >= 4 is 5.91 Å². The first kappa shape index (κ1) is 12.9. The summed E-state index contributed by atoms with van der Waals surface area (Å²) in [6.07, 6.45) is 2.87. The maximum atomic E-state index is 12.5. The van der Waals surface area contributed by atoms with Gasteiger partial charge in [0.05, 0.1) is 0 Å². The molecule has 1 aliphatic rings. The highest BCUT2D eigenvalue weighted by Gasteiger charge is 2.33. The third-order valence-corrected chi connectivity index (χ3v) is 3.54. The van der Waals surface area contributed by atoms with Crippen LogP contribution >= 0.6 is 0 Å². The Balaban J connectivity index is 1.87. The van der Waals surface area contributed by atoms with E-state index in [4.69, 9.17) is 8.94 Å². The van der Waals surface area contributed by atoms with E-state index < -0.39 is 0 Å². The molecule has 1 aliphatic heterocycles. The molecule has 3 rings (SSSR count). The molecular formula is C14H17N3O3. The van der Waals surface area contributed by atoms with Crippen molar-refractivity contribution in [2.75, 3.05) is 6.54 Å². The Morgan fingerprint density at radius 1 is 1.35 bits per heavy atom. The van der Waals surface area contributed by atoms with E-state index in [1.165, 1.54) is 0 Å². The van der Waals surface area contributed by atoms with Crippen molar-refractivity contribution in [2.45, 2.75) is 39.2 Å². The summed E-state index contributed by atoms with van der Waals surface area (Å²) in [5.74, 6) is 2.09. The van der Waals surface area contributed by atoms with Gasteiger partial charge in [0.1, 0.15) is 11.8 Å². The quantitative estimate of drug-likeness (QED) is 0.842. The predicted molar refractivity (Wildman–Crippen MR) is 70.1 cm³/mol. The first-order valence-electron chi connectivity index (χ1n) is 6.83. The Bertz CT molecular complexity index is 617. The van der Waals surface area contributed by atoms with E-state index >= 15 is 0 Å². The molecule has 0 N–H and O–H groups in total. The number of aromatic nitrogens is 2. The van der Waals surface area contributed by atoms with Crippen molar-refractivity contribution in [2.24, 2.45) is 0 Å². The minimum Gasteiger partial charge on any atom is -0.456 e. The molecule has 6 heteroatoms. The van der Waals surface area contributed by atoms with E-state index in [1.807, 2.05) is 6.92 Å². The van der Waals surface area contributed by atoms with E-state index in [0.29, 0.717) is 24.0 Å². The van der Waals surface area contributed by atoms with Gasteiger partial charge in [0.25, 0.3) is 5.91 Å². The molecule has 1 saturated heterocycles. The number of rotatable bonds is 2. The fourth-order valence-electron chi connectivity index (χ4n) is 2.57. The number of furan rings is 1. The van der Waals surface area contributed by atoms with E-state index in [2.05, 4.69) is 10.1 Å². The number of nitrogens with zero attached hydrogens (tertiary/aromatic N) is 3. The second-order valence-electron chi connectivity index (χ2n) is 5.10. The maximum absolute atomic E-state index is 12.5. The summed E-state index contributed by atoms with van der Waals surface area (Å²) >= 11 is 0. The summed E-state index contributed by atoms with van der Waals surface area (Å²) in [7, 11) is 0. The van der Waals surface area contributed by atoms with Gasteiger partial charge in [0.2, 0.25) is 5.89 Å². The molecule has 1 amide bonds. The van der Waals surface area contributed by atoms with Crippen LogP contribution in [0.1, 0.15) is 53.3 Å². The molecule has 106 valence electrons. The lowest BCUT2D eigenvalue weighted by atomic mass is 10.0. The van der Waals surface area contributed by atoms with Crippen LogP contribution in [-0.4, -0.2) is 27.5 Å². The molecule has 0 aromatic carbocycles. The van der Waals surface area contributed by atoms with Crippen LogP contribution in [0.25, 0.3) is 0 Å².